The van der Waals surface area contributed by atoms with Crippen LogP contribution >= 0.6 is 11.8 Å². The molecule has 0 bridgehead atoms. The van der Waals surface area contributed by atoms with Gasteiger partial charge < -0.3 is 9.47 Å². The molecule has 0 heterocycles. The Labute approximate surface area is 349 Å². The van der Waals surface area contributed by atoms with Gasteiger partial charge in [0.05, 0.1) is 0 Å². The minimum Gasteiger partial charge on any atom is -0.457 e. The Morgan fingerprint density at radius 1 is 0.333 bits per heavy atom. The van der Waals surface area contributed by atoms with Crippen LogP contribution in [0.25, 0.3) is 11.1 Å². The lowest BCUT2D eigenvalue weighted by Gasteiger charge is -2.35. The molecule has 6 aromatic carbocycles. The fraction of sp³-hybridized carbons (Fsp3) is 0.333. The predicted molar refractivity (Wildman–Crippen MR) is 246 cm³/mol. The molecular weight excluding hydrogens is 713 g/mol. The first-order valence-electron chi connectivity index (χ1n) is 20.7. The number of hydrogen-bond donors (Lipinski definition) is 0. The van der Waals surface area contributed by atoms with Gasteiger partial charge in [-0.05, 0) is 220 Å². The zero-order chi connectivity index (χ0) is 41.2. The van der Waals surface area contributed by atoms with Crippen LogP contribution in [0.4, 0.5) is 0 Å². The second-order valence-corrected chi connectivity index (χ2v) is 17.9. The van der Waals surface area contributed by atoms with Crippen molar-refractivity contribution in [1.82, 2.24) is 0 Å². The highest BCUT2D eigenvalue weighted by Gasteiger charge is 2.26. The molecule has 0 saturated heterocycles. The van der Waals surface area contributed by atoms with Gasteiger partial charge in [0.15, 0.2) is 0 Å². The zero-order valence-electron chi connectivity index (χ0n) is 36.5. The molecule has 298 valence electrons. The van der Waals surface area contributed by atoms with Gasteiger partial charge in [-0.2, -0.15) is 0 Å². The van der Waals surface area contributed by atoms with Gasteiger partial charge in [-0.3, -0.25) is 0 Å². The fourth-order valence-corrected chi connectivity index (χ4v) is 8.07. The highest BCUT2D eigenvalue weighted by Crippen LogP contribution is 2.37. The summed E-state index contributed by atoms with van der Waals surface area (Å²) in [7, 11) is 0. The topological polar surface area (TPSA) is 18.5 Å². The molecule has 0 aromatic heterocycles. The molecule has 2 nitrogen and oxygen atoms in total. The Kier molecular flexibility index (Phi) is 15.3. The van der Waals surface area contributed by atoms with E-state index in [4.69, 9.17) is 9.47 Å². The molecule has 0 spiro atoms. The Hall–Kier alpha value is -4.73. The van der Waals surface area contributed by atoms with Gasteiger partial charge in [0.25, 0.3) is 0 Å². The molecule has 1 fully saturated rings. The Morgan fingerprint density at radius 3 is 0.912 bits per heavy atom. The summed E-state index contributed by atoms with van der Waals surface area (Å²) < 4.78 is 12.0. The summed E-state index contributed by atoms with van der Waals surface area (Å²) in [5.74, 6) is 7.24. The third-order valence-corrected chi connectivity index (χ3v) is 13.1. The van der Waals surface area contributed by atoms with Crippen molar-refractivity contribution >= 4 is 11.8 Å². The molecule has 1 saturated carbocycles. The summed E-state index contributed by atoms with van der Waals surface area (Å²) in [6.45, 7) is 26.6. The first-order chi connectivity index (χ1) is 27.1. The van der Waals surface area contributed by atoms with E-state index in [0.717, 1.165) is 57.8 Å². The number of rotatable bonds is 7. The monoisotopic (exact) mass is 776 g/mol. The second kappa shape index (κ2) is 20.1. The third-order valence-electron chi connectivity index (χ3n) is 12.1. The standard InChI is InChI=1S/C28H26O2.C16H18S.C10H20/c1-19-5-11-27(17-21(19)3)29-25-13-7-23(8-14-25)24-9-15-26(16-10-24)30-28-12-6-20(2)22(4)18-28;1-11-5-7-15(9-13(11)3)17-16-8-6-12(2)14(4)10-16;1-7-5-9(3)10(4)6-8(7)2/h5-18H,1-4H3;5-10H,1-4H3;7-10H,5-6H2,1-4H3. The van der Waals surface area contributed by atoms with Gasteiger partial charge >= 0.3 is 0 Å². The largest absolute Gasteiger partial charge is 0.457 e. The van der Waals surface area contributed by atoms with E-state index in [2.05, 4.69) is 168 Å². The number of hydrogen-bond acceptors (Lipinski definition) is 3. The Balaban J connectivity index is 0.000000192. The molecule has 0 N–H and O–H groups in total. The molecule has 0 amide bonds. The molecule has 1 aliphatic rings. The van der Waals surface area contributed by atoms with Gasteiger partial charge in [-0.15, -0.1) is 0 Å². The van der Waals surface area contributed by atoms with Crippen molar-refractivity contribution in [3.05, 3.63) is 166 Å². The Bertz CT molecular complexity index is 2050. The maximum absolute atomic E-state index is 5.99. The van der Waals surface area contributed by atoms with E-state index in [1.165, 1.54) is 67.1 Å². The van der Waals surface area contributed by atoms with Gasteiger partial charge in [-0.1, -0.05) is 88.0 Å². The van der Waals surface area contributed by atoms with Crippen LogP contribution in [0, 0.1) is 79.1 Å². The van der Waals surface area contributed by atoms with Crippen molar-refractivity contribution < 1.29 is 9.47 Å². The predicted octanol–water partition coefficient (Wildman–Crippen LogP) is 16.6. The maximum atomic E-state index is 5.99. The second-order valence-electron chi connectivity index (χ2n) is 16.7. The van der Waals surface area contributed by atoms with Crippen LogP contribution in [0.1, 0.15) is 85.0 Å². The first kappa shape index (κ1) is 43.4. The summed E-state index contributed by atoms with van der Waals surface area (Å²) in [6.07, 6.45) is 2.89. The fourth-order valence-electron chi connectivity index (χ4n) is 7.05. The van der Waals surface area contributed by atoms with Crippen LogP contribution in [0.15, 0.2) is 131 Å². The molecule has 6 aromatic rings. The van der Waals surface area contributed by atoms with E-state index in [-0.39, 0.29) is 0 Å². The smallest absolute Gasteiger partial charge is 0.127 e. The lowest BCUT2D eigenvalue weighted by atomic mass is 9.71. The van der Waals surface area contributed by atoms with E-state index in [9.17, 15) is 0 Å². The van der Waals surface area contributed by atoms with E-state index in [1.807, 2.05) is 48.2 Å². The van der Waals surface area contributed by atoms with Gasteiger partial charge in [0.2, 0.25) is 0 Å². The van der Waals surface area contributed by atoms with Crippen LogP contribution in [0.2, 0.25) is 0 Å². The molecule has 7 rings (SSSR count). The minimum absolute atomic E-state index is 0.830. The van der Waals surface area contributed by atoms with Crippen LogP contribution in [-0.4, -0.2) is 0 Å². The average Bonchev–Trinajstić information content (AvgIpc) is 3.18. The van der Waals surface area contributed by atoms with Gasteiger partial charge in [-0.25, -0.2) is 0 Å². The maximum Gasteiger partial charge on any atom is 0.127 e. The summed E-state index contributed by atoms with van der Waals surface area (Å²) in [5.41, 5.74) is 12.7. The number of aryl methyl sites for hydroxylation is 8. The summed E-state index contributed by atoms with van der Waals surface area (Å²) in [5, 5.41) is 0. The molecule has 1 aliphatic carbocycles. The van der Waals surface area contributed by atoms with Gasteiger partial charge in [0.1, 0.15) is 23.0 Å². The molecule has 4 unspecified atom stereocenters. The highest BCUT2D eigenvalue weighted by molar-refractivity contribution is 7.99. The number of benzene rings is 6. The van der Waals surface area contributed by atoms with Crippen LogP contribution < -0.4 is 9.47 Å². The van der Waals surface area contributed by atoms with E-state index in [0.29, 0.717) is 0 Å². The summed E-state index contributed by atoms with van der Waals surface area (Å²) in [6, 6.07) is 41.9. The first-order valence-corrected chi connectivity index (χ1v) is 21.5. The zero-order valence-corrected chi connectivity index (χ0v) is 37.3. The van der Waals surface area contributed by atoms with E-state index < -0.39 is 0 Å². The molecule has 0 aliphatic heterocycles. The van der Waals surface area contributed by atoms with Crippen molar-refractivity contribution in [2.45, 2.75) is 106 Å². The van der Waals surface area contributed by atoms with Crippen molar-refractivity contribution in [2.75, 3.05) is 0 Å². The Morgan fingerprint density at radius 2 is 0.614 bits per heavy atom. The van der Waals surface area contributed by atoms with Crippen LogP contribution in [0.5, 0.6) is 23.0 Å². The SMILES string of the molecule is CC1CC(C)C(C)CC1C.Cc1ccc(Oc2ccc(-c3ccc(Oc4ccc(C)c(C)c4)cc3)cc2)cc1C.Cc1ccc(Sc2ccc(C)c(C)c2)cc1C. The van der Waals surface area contributed by atoms with Gasteiger partial charge in [0, 0.05) is 9.79 Å². The summed E-state index contributed by atoms with van der Waals surface area (Å²) >= 11 is 1.83. The minimum atomic E-state index is 0.830. The molecule has 57 heavy (non-hydrogen) atoms. The van der Waals surface area contributed by atoms with Crippen LogP contribution in [-0.2, 0) is 0 Å². The third kappa shape index (κ3) is 12.6. The van der Waals surface area contributed by atoms with Crippen molar-refractivity contribution in [3.8, 4) is 34.1 Å². The quantitative estimate of drug-likeness (QED) is 0.161. The van der Waals surface area contributed by atoms with Crippen molar-refractivity contribution in [3.63, 3.8) is 0 Å². The van der Waals surface area contributed by atoms with Crippen molar-refractivity contribution in [2.24, 2.45) is 23.7 Å². The highest BCUT2D eigenvalue weighted by atomic mass is 32.2. The van der Waals surface area contributed by atoms with Crippen molar-refractivity contribution in [1.29, 1.82) is 0 Å². The molecular formula is C54H64O2S. The molecule has 4 atom stereocenters. The average molecular weight is 777 g/mol. The van der Waals surface area contributed by atoms with E-state index in [1.54, 1.807) is 0 Å². The molecule has 3 heteroatoms. The summed E-state index contributed by atoms with van der Waals surface area (Å²) in [4.78, 5) is 2.63. The normalized spacial score (nSPS) is 17.4. The van der Waals surface area contributed by atoms with Crippen LogP contribution in [0.3, 0.4) is 0 Å². The van der Waals surface area contributed by atoms with E-state index >= 15 is 0 Å². The lowest BCUT2D eigenvalue weighted by Crippen LogP contribution is -2.25. The number of ether oxygens (including phenoxy) is 2. The molecule has 0 radical (unpaired) electrons. The lowest BCUT2D eigenvalue weighted by molar-refractivity contribution is 0.157.